The minimum Gasteiger partial charge on any atom is -0.507 e. The predicted molar refractivity (Wildman–Crippen MR) is 72.4 cm³/mol. The first-order valence-corrected chi connectivity index (χ1v) is 5.73. The van der Waals surface area contributed by atoms with E-state index in [0.29, 0.717) is 5.56 Å². The van der Waals surface area contributed by atoms with Gasteiger partial charge in [0, 0.05) is 5.56 Å². The molecule has 0 aliphatic rings. The molecule has 6 heteroatoms. The van der Waals surface area contributed by atoms with Gasteiger partial charge in [-0.05, 0) is 24.3 Å². The Morgan fingerprint density at radius 2 is 1.70 bits per heavy atom. The van der Waals surface area contributed by atoms with E-state index in [2.05, 4.69) is 15.5 Å². The second kappa shape index (κ2) is 6.24. The highest BCUT2D eigenvalue weighted by molar-refractivity contribution is 5.92. The van der Waals surface area contributed by atoms with Gasteiger partial charge >= 0.3 is 5.97 Å². The zero-order chi connectivity index (χ0) is 14.4. The lowest BCUT2D eigenvalue weighted by Crippen LogP contribution is -2.15. The van der Waals surface area contributed by atoms with E-state index >= 15 is 0 Å². The first-order valence-electron chi connectivity index (χ1n) is 5.73. The van der Waals surface area contributed by atoms with E-state index in [1.54, 1.807) is 30.3 Å². The molecule has 2 rings (SSSR count). The molecule has 0 aromatic heterocycles. The largest absolute Gasteiger partial charge is 0.507 e. The first kappa shape index (κ1) is 13.4. The van der Waals surface area contributed by atoms with E-state index in [4.69, 9.17) is 0 Å². The van der Waals surface area contributed by atoms with Crippen molar-refractivity contribution in [2.75, 3.05) is 0 Å². The topological polar surface area (TPSA) is 91.2 Å². The quantitative estimate of drug-likeness (QED) is 0.583. The van der Waals surface area contributed by atoms with Crippen molar-refractivity contribution < 1.29 is 19.8 Å². The molecule has 0 radical (unpaired) electrons. The summed E-state index contributed by atoms with van der Waals surface area (Å²) in [4.78, 5) is 16.2. The monoisotopic (exact) mass is 272 g/mol. The molecule has 2 aromatic carbocycles. The van der Waals surface area contributed by atoms with Crippen molar-refractivity contribution in [1.29, 1.82) is 0 Å². The predicted octanol–water partition coefficient (Wildman–Crippen LogP) is 1.79. The number of aromatic hydroxyl groups is 2. The molecule has 2 aromatic rings. The van der Waals surface area contributed by atoms with Crippen molar-refractivity contribution in [2.45, 2.75) is 0 Å². The third-order valence-electron chi connectivity index (χ3n) is 2.46. The summed E-state index contributed by atoms with van der Waals surface area (Å²) in [5.41, 5.74) is 2.58. The molecule has 0 bridgehead atoms. The van der Waals surface area contributed by atoms with Crippen LogP contribution in [0.25, 0.3) is 0 Å². The number of nitrogens with zero attached hydrogens (tertiary/aromatic N) is 1. The number of benzene rings is 2. The van der Waals surface area contributed by atoms with E-state index in [1.807, 2.05) is 0 Å². The van der Waals surface area contributed by atoms with Gasteiger partial charge in [-0.3, -0.25) is 0 Å². The number of phenolic OH excluding ortho intramolecular Hbond substituents is 2. The molecule has 0 saturated carbocycles. The Morgan fingerprint density at radius 1 is 1.05 bits per heavy atom. The minimum absolute atomic E-state index is 0.0257. The molecule has 20 heavy (non-hydrogen) atoms. The Balaban J connectivity index is 1.92. The summed E-state index contributed by atoms with van der Waals surface area (Å²) >= 11 is 0. The summed E-state index contributed by atoms with van der Waals surface area (Å²) < 4.78 is 0. The highest BCUT2D eigenvalue weighted by Gasteiger charge is 2.11. The maximum atomic E-state index is 11.6. The number of hydrogen-bond donors (Lipinski definition) is 3. The van der Waals surface area contributed by atoms with Crippen molar-refractivity contribution in [1.82, 2.24) is 5.59 Å². The van der Waals surface area contributed by atoms with Crippen molar-refractivity contribution in [2.24, 2.45) is 5.10 Å². The average Bonchev–Trinajstić information content (AvgIpc) is 2.45. The number of hydrogen-bond acceptors (Lipinski definition) is 6. The van der Waals surface area contributed by atoms with E-state index in [-0.39, 0.29) is 17.1 Å². The summed E-state index contributed by atoms with van der Waals surface area (Å²) in [7, 11) is 0. The van der Waals surface area contributed by atoms with Crippen LogP contribution >= 0.6 is 0 Å². The van der Waals surface area contributed by atoms with Crippen LogP contribution in [0.2, 0.25) is 0 Å². The van der Waals surface area contributed by atoms with Crippen LogP contribution in [-0.4, -0.2) is 22.4 Å². The fourth-order valence-corrected chi connectivity index (χ4v) is 1.46. The Hall–Kier alpha value is -3.02. The van der Waals surface area contributed by atoms with Gasteiger partial charge in [-0.1, -0.05) is 24.3 Å². The highest BCUT2D eigenvalue weighted by Crippen LogP contribution is 2.16. The molecule has 0 fully saturated rings. The van der Waals surface area contributed by atoms with Gasteiger partial charge in [0.15, 0.2) is 0 Å². The van der Waals surface area contributed by atoms with Gasteiger partial charge in [0.05, 0.1) is 6.21 Å². The second-order valence-corrected chi connectivity index (χ2v) is 3.81. The lowest BCUT2D eigenvalue weighted by Gasteiger charge is -2.03. The van der Waals surface area contributed by atoms with Crippen molar-refractivity contribution in [3.05, 3.63) is 59.7 Å². The number of para-hydroxylation sites is 2. The van der Waals surface area contributed by atoms with Gasteiger partial charge in [-0.2, -0.15) is 5.10 Å². The molecular formula is C14H12N2O4. The molecule has 0 atom stereocenters. The Morgan fingerprint density at radius 3 is 2.40 bits per heavy atom. The maximum Gasteiger partial charge on any atom is 0.368 e. The molecule has 102 valence electrons. The summed E-state index contributed by atoms with van der Waals surface area (Å²) in [6.07, 6.45) is 1.30. The van der Waals surface area contributed by atoms with Crippen molar-refractivity contribution in [3.8, 4) is 11.5 Å². The maximum absolute atomic E-state index is 11.6. The van der Waals surface area contributed by atoms with Gasteiger partial charge in [0.25, 0.3) is 0 Å². The molecule has 0 spiro atoms. The molecule has 0 aliphatic carbocycles. The third-order valence-corrected chi connectivity index (χ3v) is 2.46. The van der Waals surface area contributed by atoms with Crippen LogP contribution in [0.1, 0.15) is 15.9 Å². The summed E-state index contributed by atoms with van der Waals surface area (Å²) in [6.45, 7) is 0. The Bertz CT molecular complexity index is 641. The fourth-order valence-electron chi connectivity index (χ4n) is 1.46. The van der Waals surface area contributed by atoms with E-state index in [0.717, 1.165) is 0 Å². The van der Waals surface area contributed by atoms with Gasteiger partial charge in [0.1, 0.15) is 17.1 Å². The summed E-state index contributed by atoms with van der Waals surface area (Å²) in [6, 6.07) is 12.6. The van der Waals surface area contributed by atoms with E-state index < -0.39 is 5.97 Å². The Labute approximate surface area is 114 Å². The average molecular weight is 272 g/mol. The number of phenols is 2. The van der Waals surface area contributed by atoms with Crippen LogP contribution in [0, 0.1) is 0 Å². The van der Waals surface area contributed by atoms with Crippen LogP contribution in [0.5, 0.6) is 11.5 Å². The zero-order valence-electron chi connectivity index (χ0n) is 10.4. The van der Waals surface area contributed by atoms with E-state index in [9.17, 15) is 15.0 Å². The minimum atomic E-state index is -0.766. The summed E-state index contributed by atoms with van der Waals surface area (Å²) in [5, 5.41) is 22.6. The lowest BCUT2D eigenvalue weighted by molar-refractivity contribution is 0.0259. The van der Waals surface area contributed by atoms with Crippen LogP contribution in [-0.2, 0) is 4.84 Å². The van der Waals surface area contributed by atoms with Gasteiger partial charge in [-0.15, -0.1) is 5.59 Å². The van der Waals surface area contributed by atoms with Gasteiger partial charge in [-0.25, -0.2) is 4.79 Å². The van der Waals surface area contributed by atoms with Gasteiger partial charge < -0.3 is 15.1 Å². The SMILES string of the molecule is O=C(ONN=Cc1ccccc1O)c1ccccc1O. The molecule has 0 heterocycles. The van der Waals surface area contributed by atoms with Crippen LogP contribution in [0.4, 0.5) is 0 Å². The van der Waals surface area contributed by atoms with Crippen LogP contribution in [0.15, 0.2) is 53.6 Å². The number of carbonyl (C=O) groups excluding carboxylic acids is 1. The number of rotatable bonds is 4. The van der Waals surface area contributed by atoms with Gasteiger partial charge in [0.2, 0.25) is 0 Å². The number of hydrazone groups is 1. The highest BCUT2D eigenvalue weighted by atomic mass is 16.7. The molecule has 6 nitrogen and oxygen atoms in total. The summed E-state index contributed by atoms with van der Waals surface area (Å²) in [5.74, 6) is -0.883. The first-order chi connectivity index (χ1) is 9.68. The lowest BCUT2D eigenvalue weighted by atomic mass is 10.2. The van der Waals surface area contributed by atoms with E-state index in [1.165, 1.54) is 24.4 Å². The Kier molecular flexibility index (Phi) is 4.18. The molecular weight excluding hydrogens is 260 g/mol. The van der Waals surface area contributed by atoms with Crippen LogP contribution in [0.3, 0.4) is 0 Å². The third kappa shape index (κ3) is 3.26. The standard InChI is InChI=1S/C14H12N2O4/c17-12-7-3-1-5-10(12)9-15-16-20-14(19)11-6-2-4-8-13(11)18/h1-9,16-18H. The molecule has 0 unspecified atom stereocenters. The van der Waals surface area contributed by atoms with Crippen LogP contribution < -0.4 is 5.59 Å². The zero-order valence-corrected chi connectivity index (χ0v) is 10.4. The molecule has 0 amide bonds. The second-order valence-electron chi connectivity index (χ2n) is 3.81. The molecule has 3 N–H and O–H groups in total. The van der Waals surface area contributed by atoms with Crippen molar-refractivity contribution in [3.63, 3.8) is 0 Å². The fraction of sp³-hybridized carbons (Fsp3) is 0. The molecule has 0 saturated heterocycles. The smallest absolute Gasteiger partial charge is 0.368 e. The number of nitrogens with one attached hydrogen (secondary N) is 1. The normalized spacial score (nSPS) is 10.4. The number of carbonyl (C=O) groups is 1. The van der Waals surface area contributed by atoms with Crippen molar-refractivity contribution >= 4 is 12.2 Å². The molecule has 0 aliphatic heterocycles.